The lowest BCUT2D eigenvalue weighted by atomic mass is 10.2. The number of aryl methyl sites for hydroxylation is 1. The van der Waals surface area contributed by atoms with Gasteiger partial charge in [0.15, 0.2) is 0 Å². The Kier molecular flexibility index (Phi) is 6.82. The van der Waals surface area contributed by atoms with Crippen molar-refractivity contribution in [1.82, 2.24) is 15.6 Å². The van der Waals surface area contributed by atoms with Crippen LogP contribution in [0.3, 0.4) is 0 Å². The lowest BCUT2D eigenvalue weighted by Gasteiger charge is -2.08. The second-order valence-electron chi connectivity index (χ2n) is 4.90. The largest absolute Gasteiger partial charge is 0.316 e. The van der Waals surface area contributed by atoms with Crippen molar-refractivity contribution in [3.8, 4) is 0 Å². The zero-order valence-corrected chi connectivity index (χ0v) is 11.3. The molecular weight excluding hydrogens is 210 g/mol. The zero-order valence-electron chi connectivity index (χ0n) is 11.3. The highest BCUT2D eigenvalue weighted by atomic mass is 14.9. The maximum absolute atomic E-state index is 4.45. The molecule has 3 heteroatoms. The molecule has 1 aromatic rings. The van der Waals surface area contributed by atoms with Crippen LogP contribution in [-0.2, 0) is 6.54 Å². The highest BCUT2D eigenvalue weighted by Crippen LogP contribution is 1.97. The van der Waals surface area contributed by atoms with Gasteiger partial charge >= 0.3 is 0 Å². The van der Waals surface area contributed by atoms with E-state index in [1.165, 1.54) is 6.42 Å². The summed E-state index contributed by atoms with van der Waals surface area (Å²) in [6, 6.07) is 6.15. The molecule has 17 heavy (non-hydrogen) atoms. The van der Waals surface area contributed by atoms with Gasteiger partial charge in [-0.05, 0) is 51.0 Å². The first-order valence-electron chi connectivity index (χ1n) is 6.52. The van der Waals surface area contributed by atoms with E-state index >= 15 is 0 Å². The Bertz CT molecular complexity index is 310. The molecule has 0 bridgehead atoms. The van der Waals surface area contributed by atoms with Gasteiger partial charge in [-0.1, -0.05) is 19.9 Å². The van der Waals surface area contributed by atoms with Gasteiger partial charge in [0, 0.05) is 12.2 Å². The second kappa shape index (κ2) is 8.20. The van der Waals surface area contributed by atoms with E-state index < -0.39 is 0 Å². The average molecular weight is 235 g/mol. The van der Waals surface area contributed by atoms with Crippen LogP contribution in [0.25, 0.3) is 0 Å². The highest BCUT2D eigenvalue weighted by molar-refractivity contribution is 5.09. The molecule has 96 valence electrons. The minimum atomic E-state index is 0.736. The Labute approximate surface area is 105 Å². The van der Waals surface area contributed by atoms with Crippen LogP contribution in [0.5, 0.6) is 0 Å². The topological polar surface area (TPSA) is 37.0 Å². The monoisotopic (exact) mass is 235 g/mol. The fraction of sp³-hybridized carbons (Fsp3) is 0.643. The van der Waals surface area contributed by atoms with Crippen molar-refractivity contribution < 1.29 is 0 Å². The van der Waals surface area contributed by atoms with Gasteiger partial charge in [0.25, 0.3) is 0 Å². The summed E-state index contributed by atoms with van der Waals surface area (Å²) in [5.41, 5.74) is 2.21. The maximum Gasteiger partial charge on any atom is 0.0544 e. The molecule has 0 unspecified atom stereocenters. The van der Waals surface area contributed by atoms with E-state index in [4.69, 9.17) is 0 Å². The fourth-order valence-electron chi connectivity index (χ4n) is 1.64. The van der Waals surface area contributed by atoms with Crippen molar-refractivity contribution in [3.63, 3.8) is 0 Å². The predicted molar refractivity (Wildman–Crippen MR) is 73.0 cm³/mol. The van der Waals surface area contributed by atoms with Crippen LogP contribution >= 0.6 is 0 Å². The smallest absolute Gasteiger partial charge is 0.0544 e. The Morgan fingerprint density at radius 3 is 2.65 bits per heavy atom. The van der Waals surface area contributed by atoms with Crippen molar-refractivity contribution in [1.29, 1.82) is 0 Å². The molecule has 0 fully saturated rings. The summed E-state index contributed by atoms with van der Waals surface area (Å²) in [4.78, 5) is 4.45. The Morgan fingerprint density at radius 1 is 1.18 bits per heavy atom. The van der Waals surface area contributed by atoms with E-state index in [2.05, 4.69) is 41.6 Å². The molecule has 0 radical (unpaired) electrons. The lowest BCUT2D eigenvalue weighted by Crippen LogP contribution is -2.24. The van der Waals surface area contributed by atoms with Crippen LogP contribution < -0.4 is 10.6 Å². The first-order valence-corrected chi connectivity index (χ1v) is 6.52. The summed E-state index contributed by atoms with van der Waals surface area (Å²) in [6.07, 6.45) is 1.17. The molecule has 0 aromatic carbocycles. The molecule has 1 rings (SSSR count). The Balaban J connectivity index is 2.01. The fourth-order valence-corrected chi connectivity index (χ4v) is 1.64. The molecule has 3 nitrogen and oxygen atoms in total. The number of nitrogens with zero attached hydrogens (tertiary/aromatic N) is 1. The zero-order chi connectivity index (χ0) is 12.5. The van der Waals surface area contributed by atoms with E-state index in [1.807, 2.05) is 13.0 Å². The van der Waals surface area contributed by atoms with Gasteiger partial charge < -0.3 is 10.6 Å². The van der Waals surface area contributed by atoms with Crippen LogP contribution in [0.15, 0.2) is 18.2 Å². The summed E-state index contributed by atoms with van der Waals surface area (Å²) in [5.74, 6) is 0.736. The molecule has 0 saturated heterocycles. The molecule has 0 amide bonds. The summed E-state index contributed by atoms with van der Waals surface area (Å²) >= 11 is 0. The van der Waals surface area contributed by atoms with Crippen molar-refractivity contribution >= 4 is 0 Å². The van der Waals surface area contributed by atoms with E-state index in [9.17, 15) is 0 Å². The third-order valence-corrected chi connectivity index (χ3v) is 2.51. The van der Waals surface area contributed by atoms with Crippen molar-refractivity contribution in [2.24, 2.45) is 5.92 Å². The van der Waals surface area contributed by atoms with Gasteiger partial charge in [0.05, 0.1) is 5.69 Å². The first-order chi connectivity index (χ1) is 8.18. The molecule has 0 spiro atoms. The molecule has 1 heterocycles. The van der Waals surface area contributed by atoms with Gasteiger partial charge in [-0.2, -0.15) is 0 Å². The van der Waals surface area contributed by atoms with Crippen molar-refractivity contribution in [2.45, 2.75) is 33.7 Å². The molecule has 1 aromatic heterocycles. The number of pyridine rings is 1. The highest BCUT2D eigenvalue weighted by Gasteiger charge is 1.95. The molecule has 0 saturated carbocycles. The van der Waals surface area contributed by atoms with Crippen LogP contribution in [0, 0.1) is 12.8 Å². The van der Waals surface area contributed by atoms with E-state index in [0.29, 0.717) is 0 Å². The van der Waals surface area contributed by atoms with Gasteiger partial charge in [-0.15, -0.1) is 0 Å². The van der Waals surface area contributed by atoms with Gasteiger partial charge in [-0.3, -0.25) is 4.98 Å². The van der Waals surface area contributed by atoms with E-state index in [0.717, 1.165) is 43.5 Å². The molecular formula is C14H25N3. The lowest BCUT2D eigenvalue weighted by molar-refractivity contribution is 0.529. The summed E-state index contributed by atoms with van der Waals surface area (Å²) in [7, 11) is 0. The normalized spacial score (nSPS) is 11.1. The number of aromatic nitrogens is 1. The minimum absolute atomic E-state index is 0.736. The molecule has 2 N–H and O–H groups in total. The van der Waals surface area contributed by atoms with Crippen molar-refractivity contribution in [2.75, 3.05) is 19.6 Å². The Hall–Kier alpha value is -0.930. The summed E-state index contributed by atoms with van der Waals surface area (Å²) in [5, 5.41) is 6.85. The SMILES string of the molecule is Cc1cccc(CNCCCNCC(C)C)n1. The number of hydrogen-bond donors (Lipinski definition) is 2. The first kappa shape index (κ1) is 14.1. The van der Waals surface area contributed by atoms with Crippen LogP contribution in [0.2, 0.25) is 0 Å². The van der Waals surface area contributed by atoms with Crippen LogP contribution in [0.1, 0.15) is 31.7 Å². The third-order valence-electron chi connectivity index (χ3n) is 2.51. The summed E-state index contributed by atoms with van der Waals surface area (Å²) < 4.78 is 0. The van der Waals surface area contributed by atoms with E-state index in [-0.39, 0.29) is 0 Å². The second-order valence-corrected chi connectivity index (χ2v) is 4.90. The van der Waals surface area contributed by atoms with Gasteiger partial charge in [0.1, 0.15) is 0 Å². The third kappa shape index (κ3) is 7.08. The van der Waals surface area contributed by atoms with Crippen molar-refractivity contribution in [3.05, 3.63) is 29.6 Å². The van der Waals surface area contributed by atoms with Crippen LogP contribution in [0.4, 0.5) is 0 Å². The molecule has 0 aliphatic heterocycles. The maximum atomic E-state index is 4.45. The van der Waals surface area contributed by atoms with E-state index in [1.54, 1.807) is 0 Å². The van der Waals surface area contributed by atoms with Crippen LogP contribution in [-0.4, -0.2) is 24.6 Å². The Morgan fingerprint density at radius 2 is 1.94 bits per heavy atom. The average Bonchev–Trinajstić information content (AvgIpc) is 2.27. The van der Waals surface area contributed by atoms with Gasteiger partial charge in [0.2, 0.25) is 0 Å². The summed E-state index contributed by atoms with van der Waals surface area (Å²) in [6.45, 7) is 10.6. The number of hydrogen-bond acceptors (Lipinski definition) is 3. The quantitative estimate of drug-likeness (QED) is 0.678. The van der Waals surface area contributed by atoms with Gasteiger partial charge in [-0.25, -0.2) is 0 Å². The number of rotatable bonds is 8. The standard InChI is InChI=1S/C14H25N3/c1-12(2)10-15-8-5-9-16-11-14-7-4-6-13(3)17-14/h4,6-7,12,15-16H,5,8-11H2,1-3H3. The molecule has 0 aliphatic carbocycles. The minimum Gasteiger partial charge on any atom is -0.316 e. The predicted octanol–water partition coefficient (Wildman–Crippen LogP) is 2.12. The number of nitrogens with one attached hydrogen (secondary N) is 2. The molecule has 0 atom stereocenters. The molecule has 0 aliphatic rings.